The fourth-order valence-electron chi connectivity index (χ4n) is 1.71. The van der Waals surface area contributed by atoms with Crippen LogP contribution in [0.3, 0.4) is 0 Å². The van der Waals surface area contributed by atoms with Gasteiger partial charge in [-0.25, -0.2) is 4.98 Å². The largest absolute Gasteiger partial charge is 0.382 e. The third kappa shape index (κ3) is 3.05. The van der Waals surface area contributed by atoms with E-state index in [1.54, 1.807) is 7.11 Å². The third-order valence-corrected chi connectivity index (χ3v) is 2.67. The quantitative estimate of drug-likeness (QED) is 0.780. The molecule has 1 aromatic carbocycles. The summed E-state index contributed by atoms with van der Waals surface area (Å²) in [6.07, 6.45) is 1.04. The SMILES string of the molecule is CCc1ccc2nc(COCCOC)[nH]c2c1. The molecule has 1 N–H and O–H groups in total. The monoisotopic (exact) mass is 234 g/mol. The molecule has 0 spiro atoms. The first-order valence-corrected chi connectivity index (χ1v) is 5.87. The van der Waals surface area contributed by atoms with Gasteiger partial charge in [0.25, 0.3) is 0 Å². The van der Waals surface area contributed by atoms with Gasteiger partial charge in [0.15, 0.2) is 0 Å². The van der Waals surface area contributed by atoms with Gasteiger partial charge in [-0.15, -0.1) is 0 Å². The van der Waals surface area contributed by atoms with Gasteiger partial charge >= 0.3 is 0 Å². The molecule has 0 radical (unpaired) electrons. The molecule has 92 valence electrons. The van der Waals surface area contributed by atoms with Gasteiger partial charge < -0.3 is 14.5 Å². The van der Waals surface area contributed by atoms with E-state index < -0.39 is 0 Å². The zero-order valence-electron chi connectivity index (χ0n) is 10.3. The molecule has 0 unspecified atom stereocenters. The Balaban J connectivity index is 2.04. The van der Waals surface area contributed by atoms with Crippen LogP contribution >= 0.6 is 0 Å². The van der Waals surface area contributed by atoms with Gasteiger partial charge in [0.1, 0.15) is 12.4 Å². The molecule has 0 saturated heterocycles. The highest BCUT2D eigenvalue weighted by Gasteiger charge is 2.03. The van der Waals surface area contributed by atoms with Crippen LogP contribution in [-0.4, -0.2) is 30.3 Å². The van der Waals surface area contributed by atoms with Crippen molar-refractivity contribution in [3.05, 3.63) is 29.6 Å². The van der Waals surface area contributed by atoms with Crippen molar-refractivity contribution in [1.29, 1.82) is 0 Å². The number of aromatic amines is 1. The van der Waals surface area contributed by atoms with Gasteiger partial charge in [-0.05, 0) is 24.1 Å². The highest BCUT2D eigenvalue weighted by molar-refractivity contribution is 5.75. The van der Waals surface area contributed by atoms with Crippen LogP contribution in [0, 0.1) is 0 Å². The molecule has 0 bridgehead atoms. The van der Waals surface area contributed by atoms with E-state index >= 15 is 0 Å². The van der Waals surface area contributed by atoms with E-state index in [2.05, 4.69) is 29.0 Å². The maximum atomic E-state index is 5.43. The number of nitrogens with zero attached hydrogens (tertiary/aromatic N) is 1. The molecule has 4 heteroatoms. The molecule has 2 aromatic rings. The van der Waals surface area contributed by atoms with E-state index in [-0.39, 0.29) is 0 Å². The Morgan fingerprint density at radius 1 is 1.29 bits per heavy atom. The van der Waals surface area contributed by atoms with Crippen molar-refractivity contribution in [2.75, 3.05) is 20.3 Å². The van der Waals surface area contributed by atoms with Crippen LogP contribution < -0.4 is 0 Å². The Hall–Kier alpha value is -1.39. The number of methoxy groups -OCH3 is 1. The molecule has 17 heavy (non-hydrogen) atoms. The number of nitrogens with one attached hydrogen (secondary N) is 1. The summed E-state index contributed by atoms with van der Waals surface area (Å²) in [7, 11) is 1.66. The number of aryl methyl sites for hydroxylation is 1. The van der Waals surface area contributed by atoms with Crippen LogP contribution in [0.15, 0.2) is 18.2 Å². The molecule has 0 aliphatic heterocycles. The molecule has 4 nitrogen and oxygen atoms in total. The van der Waals surface area contributed by atoms with Crippen LogP contribution in [0.2, 0.25) is 0 Å². The molecular weight excluding hydrogens is 216 g/mol. The van der Waals surface area contributed by atoms with Crippen LogP contribution in [0.25, 0.3) is 11.0 Å². The first kappa shape index (κ1) is 12.1. The average molecular weight is 234 g/mol. The minimum atomic E-state index is 0.500. The molecular formula is C13H18N2O2. The van der Waals surface area contributed by atoms with Crippen molar-refractivity contribution in [2.24, 2.45) is 0 Å². The highest BCUT2D eigenvalue weighted by Crippen LogP contribution is 2.14. The third-order valence-electron chi connectivity index (χ3n) is 2.67. The molecule has 1 aromatic heterocycles. The lowest BCUT2D eigenvalue weighted by molar-refractivity contribution is 0.0590. The number of H-pyrrole nitrogens is 1. The number of ether oxygens (including phenoxy) is 2. The predicted molar refractivity (Wildman–Crippen MR) is 67.0 cm³/mol. The lowest BCUT2D eigenvalue weighted by atomic mass is 10.1. The molecule has 0 aliphatic carbocycles. The summed E-state index contributed by atoms with van der Waals surface area (Å²) in [6, 6.07) is 6.29. The second kappa shape index (κ2) is 5.80. The van der Waals surface area contributed by atoms with Crippen molar-refractivity contribution in [3.8, 4) is 0 Å². The summed E-state index contributed by atoms with van der Waals surface area (Å²) in [4.78, 5) is 7.73. The van der Waals surface area contributed by atoms with Gasteiger partial charge in [0.2, 0.25) is 0 Å². The summed E-state index contributed by atoms with van der Waals surface area (Å²) in [5.41, 5.74) is 3.38. The Bertz CT molecular complexity index is 479. The van der Waals surface area contributed by atoms with Crippen LogP contribution in [0.1, 0.15) is 18.3 Å². The van der Waals surface area contributed by atoms with Crippen LogP contribution in [-0.2, 0) is 22.5 Å². The Morgan fingerprint density at radius 2 is 2.18 bits per heavy atom. The standard InChI is InChI=1S/C13H18N2O2/c1-3-10-4-5-11-12(8-10)15-13(14-11)9-17-7-6-16-2/h4-5,8H,3,6-7,9H2,1-2H3,(H,14,15). The van der Waals surface area contributed by atoms with Crippen molar-refractivity contribution >= 4 is 11.0 Å². The molecule has 0 atom stereocenters. The first-order valence-electron chi connectivity index (χ1n) is 5.87. The second-order valence-electron chi connectivity index (χ2n) is 3.93. The molecule has 0 fully saturated rings. The number of rotatable bonds is 6. The van der Waals surface area contributed by atoms with Gasteiger partial charge in [0, 0.05) is 7.11 Å². The zero-order chi connectivity index (χ0) is 12.1. The number of fused-ring (bicyclic) bond motifs is 1. The van der Waals surface area contributed by atoms with Crippen LogP contribution in [0.5, 0.6) is 0 Å². The summed E-state index contributed by atoms with van der Waals surface area (Å²) in [5, 5.41) is 0. The van der Waals surface area contributed by atoms with E-state index in [0.29, 0.717) is 19.8 Å². The van der Waals surface area contributed by atoms with Crippen molar-refractivity contribution < 1.29 is 9.47 Å². The van der Waals surface area contributed by atoms with E-state index in [1.165, 1.54) is 5.56 Å². The molecule has 0 saturated carbocycles. The Kier molecular flexibility index (Phi) is 4.12. The Labute approximate surface area is 101 Å². The average Bonchev–Trinajstić information content (AvgIpc) is 2.76. The predicted octanol–water partition coefficient (Wildman–Crippen LogP) is 2.29. The van der Waals surface area contributed by atoms with Gasteiger partial charge in [-0.3, -0.25) is 0 Å². The van der Waals surface area contributed by atoms with E-state index in [1.807, 2.05) is 6.07 Å². The summed E-state index contributed by atoms with van der Waals surface area (Å²) >= 11 is 0. The van der Waals surface area contributed by atoms with Crippen molar-refractivity contribution in [1.82, 2.24) is 9.97 Å². The zero-order valence-corrected chi connectivity index (χ0v) is 10.3. The smallest absolute Gasteiger partial charge is 0.133 e. The minimum absolute atomic E-state index is 0.500. The lowest BCUT2D eigenvalue weighted by Gasteiger charge is -1.99. The second-order valence-corrected chi connectivity index (χ2v) is 3.93. The van der Waals surface area contributed by atoms with Crippen molar-refractivity contribution in [3.63, 3.8) is 0 Å². The summed E-state index contributed by atoms with van der Waals surface area (Å²) < 4.78 is 10.3. The maximum absolute atomic E-state index is 5.43. The fraction of sp³-hybridized carbons (Fsp3) is 0.462. The van der Waals surface area contributed by atoms with E-state index in [4.69, 9.17) is 9.47 Å². The number of imidazole rings is 1. The summed E-state index contributed by atoms with van der Waals surface area (Å²) in [5.74, 6) is 0.865. The van der Waals surface area contributed by atoms with E-state index in [9.17, 15) is 0 Å². The summed E-state index contributed by atoms with van der Waals surface area (Å²) in [6.45, 7) is 3.85. The van der Waals surface area contributed by atoms with Gasteiger partial charge in [-0.2, -0.15) is 0 Å². The van der Waals surface area contributed by atoms with E-state index in [0.717, 1.165) is 23.3 Å². The topological polar surface area (TPSA) is 47.1 Å². The number of aromatic nitrogens is 2. The van der Waals surface area contributed by atoms with Crippen molar-refractivity contribution in [2.45, 2.75) is 20.0 Å². The molecule has 0 aliphatic rings. The van der Waals surface area contributed by atoms with Gasteiger partial charge in [0.05, 0.1) is 24.2 Å². The highest BCUT2D eigenvalue weighted by atomic mass is 16.5. The first-order chi connectivity index (χ1) is 8.33. The lowest BCUT2D eigenvalue weighted by Crippen LogP contribution is -2.02. The van der Waals surface area contributed by atoms with Gasteiger partial charge in [-0.1, -0.05) is 13.0 Å². The fourth-order valence-corrected chi connectivity index (χ4v) is 1.71. The number of hydrogen-bond acceptors (Lipinski definition) is 3. The molecule has 1 heterocycles. The maximum Gasteiger partial charge on any atom is 0.133 e. The molecule has 0 amide bonds. The minimum Gasteiger partial charge on any atom is -0.382 e. The molecule has 2 rings (SSSR count). The van der Waals surface area contributed by atoms with Crippen LogP contribution in [0.4, 0.5) is 0 Å². The number of benzene rings is 1. The Morgan fingerprint density at radius 3 is 2.94 bits per heavy atom. The number of hydrogen-bond donors (Lipinski definition) is 1. The normalized spacial score (nSPS) is 11.2.